The van der Waals surface area contributed by atoms with Crippen molar-refractivity contribution < 1.29 is 4.74 Å². The zero-order valence-electron chi connectivity index (χ0n) is 15.5. The molecule has 3 rings (SSSR count). The van der Waals surface area contributed by atoms with Gasteiger partial charge in [-0.15, -0.1) is 0 Å². The molecule has 0 radical (unpaired) electrons. The van der Waals surface area contributed by atoms with Crippen LogP contribution in [0.15, 0.2) is 35.3 Å². The fraction of sp³-hybridized carbons (Fsp3) is 0.650. The molecule has 1 atom stereocenters. The van der Waals surface area contributed by atoms with E-state index in [-0.39, 0.29) is 0 Å². The third-order valence-corrected chi connectivity index (χ3v) is 4.99. The minimum atomic E-state index is 0.425. The standard InChI is InChI=1S/C20H32N4O/c1-2-21-20(22-11-10-19-9-6-16-25-19)24-14-12-23(13-15-24)17-18-7-4-3-5-8-18/h3-5,7-8,19H,2,6,9-17H2,1H3,(H,21,22). The molecule has 1 aromatic carbocycles. The highest BCUT2D eigenvalue weighted by Crippen LogP contribution is 2.15. The molecular formula is C20H32N4O. The van der Waals surface area contributed by atoms with Gasteiger partial charge >= 0.3 is 0 Å². The van der Waals surface area contributed by atoms with E-state index in [0.29, 0.717) is 6.10 Å². The Kier molecular flexibility index (Phi) is 7.12. The molecular weight excluding hydrogens is 312 g/mol. The van der Waals surface area contributed by atoms with Crippen LogP contribution in [0.2, 0.25) is 0 Å². The molecule has 5 nitrogen and oxygen atoms in total. The lowest BCUT2D eigenvalue weighted by Crippen LogP contribution is -2.52. The number of nitrogens with one attached hydrogen (secondary N) is 1. The maximum absolute atomic E-state index is 5.70. The van der Waals surface area contributed by atoms with E-state index in [1.165, 1.54) is 18.4 Å². The van der Waals surface area contributed by atoms with E-state index in [1.54, 1.807) is 0 Å². The molecule has 1 unspecified atom stereocenters. The van der Waals surface area contributed by atoms with Crippen LogP contribution in [0.3, 0.4) is 0 Å². The van der Waals surface area contributed by atoms with Crippen LogP contribution in [0.25, 0.3) is 0 Å². The van der Waals surface area contributed by atoms with Crippen molar-refractivity contribution in [2.75, 3.05) is 45.9 Å². The van der Waals surface area contributed by atoms with Crippen molar-refractivity contribution in [2.24, 2.45) is 4.99 Å². The van der Waals surface area contributed by atoms with E-state index in [4.69, 9.17) is 9.73 Å². The Bertz CT molecular complexity index is 520. The molecule has 0 amide bonds. The summed E-state index contributed by atoms with van der Waals surface area (Å²) in [6.07, 6.45) is 3.87. The zero-order valence-corrected chi connectivity index (χ0v) is 15.5. The predicted octanol–water partition coefficient (Wildman–Crippen LogP) is 2.34. The van der Waals surface area contributed by atoms with Crippen molar-refractivity contribution in [1.29, 1.82) is 0 Å². The van der Waals surface area contributed by atoms with E-state index in [1.807, 2.05) is 0 Å². The van der Waals surface area contributed by atoms with Gasteiger partial charge in [0.25, 0.3) is 0 Å². The van der Waals surface area contributed by atoms with Gasteiger partial charge in [0.15, 0.2) is 5.96 Å². The highest BCUT2D eigenvalue weighted by molar-refractivity contribution is 5.80. The minimum Gasteiger partial charge on any atom is -0.378 e. The first kappa shape index (κ1) is 18.2. The summed E-state index contributed by atoms with van der Waals surface area (Å²) in [7, 11) is 0. The first-order valence-electron chi connectivity index (χ1n) is 9.76. The second kappa shape index (κ2) is 9.78. The molecule has 25 heavy (non-hydrogen) atoms. The molecule has 5 heteroatoms. The van der Waals surface area contributed by atoms with Crippen molar-refractivity contribution in [2.45, 2.75) is 38.8 Å². The number of rotatable bonds is 6. The number of benzene rings is 1. The summed E-state index contributed by atoms with van der Waals surface area (Å²) in [6.45, 7) is 10.1. The van der Waals surface area contributed by atoms with Gasteiger partial charge < -0.3 is 15.0 Å². The lowest BCUT2D eigenvalue weighted by atomic mass is 10.2. The Hall–Kier alpha value is -1.59. The summed E-state index contributed by atoms with van der Waals surface area (Å²) in [4.78, 5) is 9.78. The molecule has 2 saturated heterocycles. The van der Waals surface area contributed by atoms with Crippen molar-refractivity contribution in [3.8, 4) is 0 Å². The second-order valence-electron chi connectivity index (χ2n) is 6.91. The van der Waals surface area contributed by atoms with Crippen LogP contribution < -0.4 is 5.32 Å². The summed E-state index contributed by atoms with van der Waals surface area (Å²) in [5.41, 5.74) is 1.40. The Morgan fingerprint density at radius 2 is 2.00 bits per heavy atom. The van der Waals surface area contributed by atoms with E-state index in [9.17, 15) is 0 Å². The van der Waals surface area contributed by atoms with Crippen molar-refractivity contribution in [3.63, 3.8) is 0 Å². The summed E-state index contributed by atoms with van der Waals surface area (Å²) in [5, 5.41) is 3.46. The van der Waals surface area contributed by atoms with Crippen molar-refractivity contribution in [1.82, 2.24) is 15.1 Å². The van der Waals surface area contributed by atoms with Gasteiger partial charge in [-0.25, -0.2) is 0 Å². The molecule has 2 aliphatic heterocycles. The SMILES string of the molecule is CCNC(=NCCC1CCCO1)N1CCN(Cc2ccccc2)CC1. The zero-order chi connectivity index (χ0) is 17.3. The molecule has 2 aliphatic rings. The van der Waals surface area contributed by atoms with Crippen LogP contribution in [0.5, 0.6) is 0 Å². The number of nitrogens with zero attached hydrogens (tertiary/aromatic N) is 3. The molecule has 1 N–H and O–H groups in total. The molecule has 0 bridgehead atoms. The summed E-state index contributed by atoms with van der Waals surface area (Å²) < 4.78 is 5.70. The predicted molar refractivity (Wildman–Crippen MR) is 103 cm³/mol. The molecule has 0 spiro atoms. The Morgan fingerprint density at radius 3 is 2.68 bits per heavy atom. The van der Waals surface area contributed by atoms with Crippen LogP contribution in [0.1, 0.15) is 31.7 Å². The second-order valence-corrected chi connectivity index (χ2v) is 6.91. The number of aliphatic imine (C=N–C) groups is 1. The topological polar surface area (TPSA) is 40.1 Å². The highest BCUT2D eigenvalue weighted by atomic mass is 16.5. The van der Waals surface area contributed by atoms with Crippen LogP contribution in [0.4, 0.5) is 0 Å². The quantitative estimate of drug-likeness (QED) is 0.635. The van der Waals surface area contributed by atoms with Gasteiger partial charge in [-0.05, 0) is 31.7 Å². The van der Waals surface area contributed by atoms with Gasteiger partial charge in [-0.1, -0.05) is 30.3 Å². The van der Waals surface area contributed by atoms with Crippen molar-refractivity contribution in [3.05, 3.63) is 35.9 Å². The van der Waals surface area contributed by atoms with E-state index in [0.717, 1.165) is 64.8 Å². The molecule has 2 heterocycles. The third kappa shape index (κ3) is 5.72. The number of hydrogen-bond acceptors (Lipinski definition) is 3. The van der Waals surface area contributed by atoms with Gasteiger partial charge in [0.1, 0.15) is 0 Å². The van der Waals surface area contributed by atoms with E-state index in [2.05, 4.69) is 52.4 Å². The first-order valence-corrected chi connectivity index (χ1v) is 9.76. The third-order valence-electron chi connectivity index (χ3n) is 4.99. The smallest absolute Gasteiger partial charge is 0.194 e. The number of hydrogen-bond donors (Lipinski definition) is 1. The lowest BCUT2D eigenvalue weighted by Gasteiger charge is -2.36. The summed E-state index contributed by atoms with van der Waals surface area (Å²) >= 11 is 0. The van der Waals surface area contributed by atoms with Crippen LogP contribution in [-0.4, -0.2) is 67.7 Å². The average Bonchev–Trinajstić information content (AvgIpc) is 3.16. The number of piperazine rings is 1. The van der Waals surface area contributed by atoms with Gasteiger partial charge in [-0.2, -0.15) is 0 Å². The summed E-state index contributed by atoms with van der Waals surface area (Å²) in [5.74, 6) is 1.07. The fourth-order valence-electron chi connectivity index (χ4n) is 3.57. The highest BCUT2D eigenvalue weighted by Gasteiger charge is 2.20. The molecule has 1 aromatic rings. The normalized spacial score (nSPS) is 22.4. The molecule has 0 aliphatic carbocycles. The Balaban J connectivity index is 1.46. The molecule has 2 fully saturated rings. The maximum atomic E-state index is 5.70. The van der Waals surface area contributed by atoms with E-state index >= 15 is 0 Å². The molecule has 0 saturated carbocycles. The number of guanidine groups is 1. The van der Waals surface area contributed by atoms with Crippen LogP contribution in [0, 0.1) is 0 Å². The molecule has 138 valence electrons. The lowest BCUT2D eigenvalue weighted by molar-refractivity contribution is 0.106. The minimum absolute atomic E-state index is 0.425. The average molecular weight is 345 g/mol. The largest absolute Gasteiger partial charge is 0.378 e. The van der Waals surface area contributed by atoms with Crippen LogP contribution in [-0.2, 0) is 11.3 Å². The van der Waals surface area contributed by atoms with Gasteiger partial charge in [0.2, 0.25) is 0 Å². The maximum Gasteiger partial charge on any atom is 0.194 e. The first-order chi connectivity index (χ1) is 12.3. The van der Waals surface area contributed by atoms with Gasteiger partial charge in [0, 0.05) is 52.4 Å². The Labute approximate surface area is 152 Å². The fourth-order valence-corrected chi connectivity index (χ4v) is 3.57. The van der Waals surface area contributed by atoms with Gasteiger partial charge in [0.05, 0.1) is 6.10 Å². The van der Waals surface area contributed by atoms with Crippen LogP contribution >= 0.6 is 0 Å². The summed E-state index contributed by atoms with van der Waals surface area (Å²) in [6, 6.07) is 10.7. The monoisotopic (exact) mass is 344 g/mol. The van der Waals surface area contributed by atoms with E-state index < -0.39 is 0 Å². The van der Waals surface area contributed by atoms with Gasteiger partial charge in [-0.3, -0.25) is 9.89 Å². The molecule has 0 aromatic heterocycles. The van der Waals surface area contributed by atoms with Crippen molar-refractivity contribution >= 4 is 5.96 Å². The number of ether oxygens (including phenoxy) is 1. The Morgan fingerprint density at radius 1 is 1.20 bits per heavy atom.